The lowest BCUT2D eigenvalue weighted by Crippen LogP contribution is -2.79. The molecule has 0 unspecified atom stereocenters. The summed E-state index contributed by atoms with van der Waals surface area (Å²) in [5, 5.41) is 12.0. The van der Waals surface area contributed by atoms with Crippen LogP contribution in [-0.4, -0.2) is 47.2 Å². The van der Waals surface area contributed by atoms with E-state index in [2.05, 4.69) is 79.7 Å². The highest BCUT2D eigenvalue weighted by molar-refractivity contribution is 5.42. The number of hydrogen-bond donors (Lipinski definition) is 1. The lowest BCUT2D eigenvalue weighted by atomic mass is 9.39. The first-order valence-electron chi connectivity index (χ1n) is 10.4. The van der Waals surface area contributed by atoms with Gasteiger partial charge < -0.3 is 10.0 Å². The van der Waals surface area contributed by atoms with Crippen LogP contribution in [0.4, 0.5) is 5.82 Å². The molecule has 4 nitrogen and oxygen atoms in total. The highest BCUT2D eigenvalue weighted by Gasteiger charge is 2.73. The highest BCUT2D eigenvalue weighted by Crippen LogP contribution is 2.68. The molecule has 28 heavy (non-hydrogen) atoms. The Bertz CT molecular complexity index is 822. The fourth-order valence-electron chi connectivity index (χ4n) is 6.39. The van der Waals surface area contributed by atoms with E-state index in [4.69, 9.17) is 0 Å². The minimum absolute atomic E-state index is 0.226. The van der Waals surface area contributed by atoms with Crippen molar-refractivity contribution in [2.45, 2.75) is 46.3 Å². The maximum Gasteiger partial charge on any atom is 0.128 e. The number of aliphatic hydroxyl groups is 1. The van der Waals surface area contributed by atoms with Crippen LogP contribution in [0.2, 0.25) is 0 Å². The molecular formula is C24H33N3O. The molecule has 1 aliphatic heterocycles. The molecule has 1 N–H and O–H groups in total. The van der Waals surface area contributed by atoms with Gasteiger partial charge in [-0.3, -0.25) is 4.90 Å². The molecule has 1 aromatic carbocycles. The predicted molar refractivity (Wildman–Crippen MR) is 114 cm³/mol. The van der Waals surface area contributed by atoms with Gasteiger partial charge in [0, 0.05) is 49.2 Å². The van der Waals surface area contributed by atoms with Crippen LogP contribution in [0.25, 0.3) is 0 Å². The average Bonchev–Trinajstić information content (AvgIpc) is 2.68. The smallest absolute Gasteiger partial charge is 0.128 e. The summed E-state index contributed by atoms with van der Waals surface area (Å²) in [6.45, 7) is 15.0. The molecule has 2 heterocycles. The predicted octanol–water partition coefficient (Wildman–Crippen LogP) is 3.83. The van der Waals surface area contributed by atoms with Crippen molar-refractivity contribution >= 4 is 5.82 Å². The van der Waals surface area contributed by atoms with Gasteiger partial charge in [0.2, 0.25) is 0 Å². The van der Waals surface area contributed by atoms with Crippen molar-refractivity contribution in [1.82, 2.24) is 9.88 Å². The number of rotatable bonds is 3. The summed E-state index contributed by atoms with van der Waals surface area (Å²) in [6.07, 6.45) is 1.86. The second-order valence-corrected chi connectivity index (χ2v) is 9.58. The van der Waals surface area contributed by atoms with Crippen LogP contribution in [0.15, 0.2) is 48.7 Å². The van der Waals surface area contributed by atoms with E-state index in [0.717, 1.165) is 37.6 Å². The van der Waals surface area contributed by atoms with E-state index >= 15 is 0 Å². The molecule has 1 aliphatic carbocycles. The topological polar surface area (TPSA) is 39.6 Å². The van der Waals surface area contributed by atoms with E-state index in [1.165, 1.54) is 5.56 Å². The molecule has 1 saturated heterocycles. The first-order chi connectivity index (χ1) is 13.2. The molecule has 0 bridgehead atoms. The number of piperazine rings is 1. The zero-order valence-corrected chi connectivity index (χ0v) is 17.8. The Balaban J connectivity index is 1.56. The zero-order chi connectivity index (χ0) is 20.2. The minimum atomic E-state index is -0.839. The maximum absolute atomic E-state index is 12.0. The third-order valence-corrected chi connectivity index (χ3v) is 7.42. The first-order valence-corrected chi connectivity index (χ1v) is 10.4. The van der Waals surface area contributed by atoms with Crippen molar-refractivity contribution in [3.05, 3.63) is 59.8 Å². The summed E-state index contributed by atoms with van der Waals surface area (Å²) < 4.78 is 0. The molecule has 0 amide bonds. The van der Waals surface area contributed by atoms with E-state index < -0.39 is 5.60 Å². The van der Waals surface area contributed by atoms with Crippen LogP contribution in [0.5, 0.6) is 0 Å². The summed E-state index contributed by atoms with van der Waals surface area (Å²) in [7, 11) is 0. The largest absolute Gasteiger partial charge is 0.384 e. The van der Waals surface area contributed by atoms with Gasteiger partial charge in [-0.25, -0.2) is 4.98 Å². The fourth-order valence-corrected chi connectivity index (χ4v) is 6.39. The normalized spacial score (nSPS) is 29.4. The van der Waals surface area contributed by atoms with Crippen LogP contribution >= 0.6 is 0 Å². The second kappa shape index (κ2) is 6.57. The van der Waals surface area contributed by atoms with Crippen molar-refractivity contribution in [3.63, 3.8) is 0 Å². The lowest BCUT2D eigenvalue weighted by molar-refractivity contribution is -0.308. The van der Waals surface area contributed by atoms with Gasteiger partial charge in [-0.05, 0) is 30.2 Å². The van der Waals surface area contributed by atoms with Crippen molar-refractivity contribution in [2.24, 2.45) is 10.8 Å². The Kier molecular flexibility index (Phi) is 4.55. The highest BCUT2D eigenvalue weighted by atomic mass is 16.3. The van der Waals surface area contributed by atoms with Crippen molar-refractivity contribution in [1.29, 1.82) is 0 Å². The van der Waals surface area contributed by atoms with Gasteiger partial charge >= 0.3 is 0 Å². The molecule has 0 atom stereocenters. The van der Waals surface area contributed by atoms with E-state index in [1.54, 1.807) is 0 Å². The Morgan fingerprint density at radius 3 is 2.07 bits per heavy atom. The molecule has 1 saturated carbocycles. The molecule has 2 aromatic rings. The van der Waals surface area contributed by atoms with Crippen LogP contribution in [0.1, 0.15) is 38.8 Å². The second-order valence-electron chi connectivity index (χ2n) is 9.58. The quantitative estimate of drug-likeness (QED) is 0.880. The number of pyridine rings is 1. The van der Waals surface area contributed by atoms with E-state index in [-0.39, 0.29) is 10.8 Å². The molecule has 2 aliphatic rings. The van der Waals surface area contributed by atoms with Crippen LogP contribution in [0, 0.1) is 17.8 Å². The monoisotopic (exact) mass is 379 g/mol. The lowest BCUT2D eigenvalue weighted by Gasteiger charge is -2.73. The van der Waals surface area contributed by atoms with Crippen LogP contribution < -0.4 is 4.90 Å². The van der Waals surface area contributed by atoms with Gasteiger partial charge in [0.15, 0.2) is 0 Å². The standard InChI is InChI=1S/C24H33N3O/c1-18-10-6-7-11-19(18)24(28)22(2,3)21(23(24,4)5)27-16-14-26(15-17-27)20-12-8-9-13-25-20/h6-13,21,28H,14-17H2,1-5H3. The molecule has 2 fully saturated rings. The molecular weight excluding hydrogens is 346 g/mol. The molecule has 1 aromatic heterocycles. The summed E-state index contributed by atoms with van der Waals surface area (Å²) >= 11 is 0. The fraction of sp³-hybridized carbons (Fsp3) is 0.542. The van der Waals surface area contributed by atoms with Crippen LogP contribution in [-0.2, 0) is 5.60 Å². The summed E-state index contributed by atoms with van der Waals surface area (Å²) in [5.74, 6) is 1.06. The number of anilines is 1. The SMILES string of the molecule is Cc1ccccc1C1(O)C(C)(C)C(N2CCN(c3ccccn3)CC2)C1(C)C. The van der Waals surface area contributed by atoms with Gasteiger partial charge in [-0.1, -0.05) is 58.0 Å². The minimum Gasteiger partial charge on any atom is -0.384 e. The Morgan fingerprint density at radius 1 is 0.893 bits per heavy atom. The Labute approximate surface area is 169 Å². The summed E-state index contributed by atoms with van der Waals surface area (Å²) in [6, 6.07) is 14.7. The number of aromatic nitrogens is 1. The summed E-state index contributed by atoms with van der Waals surface area (Å²) in [4.78, 5) is 9.46. The number of aryl methyl sites for hydroxylation is 1. The van der Waals surface area contributed by atoms with Gasteiger partial charge in [0.1, 0.15) is 11.4 Å². The van der Waals surface area contributed by atoms with Gasteiger partial charge in [-0.2, -0.15) is 0 Å². The molecule has 4 heteroatoms. The average molecular weight is 380 g/mol. The van der Waals surface area contributed by atoms with Crippen molar-refractivity contribution in [3.8, 4) is 0 Å². The maximum atomic E-state index is 12.0. The summed E-state index contributed by atoms with van der Waals surface area (Å²) in [5.41, 5.74) is 0.956. The van der Waals surface area contributed by atoms with Crippen molar-refractivity contribution < 1.29 is 5.11 Å². The van der Waals surface area contributed by atoms with Crippen molar-refractivity contribution in [2.75, 3.05) is 31.1 Å². The van der Waals surface area contributed by atoms with E-state index in [9.17, 15) is 5.11 Å². The number of nitrogens with zero attached hydrogens (tertiary/aromatic N) is 3. The van der Waals surface area contributed by atoms with E-state index in [0.29, 0.717) is 6.04 Å². The van der Waals surface area contributed by atoms with Crippen LogP contribution in [0.3, 0.4) is 0 Å². The zero-order valence-electron chi connectivity index (χ0n) is 17.8. The molecule has 150 valence electrons. The number of hydrogen-bond acceptors (Lipinski definition) is 4. The molecule has 0 radical (unpaired) electrons. The molecule has 4 rings (SSSR count). The first kappa shape index (κ1) is 19.4. The molecule has 0 spiro atoms. The Hall–Kier alpha value is -1.91. The third-order valence-electron chi connectivity index (χ3n) is 7.42. The third kappa shape index (κ3) is 2.54. The Morgan fingerprint density at radius 2 is 1.50 bits per heavy atom. The van der Waals surface area contributed by atoms with Gasteiger partial charge in [0.25, 0.3) is 0 Å². The van der Waals surface area contributed by atoms with Gasteiger partial charge in [-0.15, -0.1) is 0 Å². The van der Waals surface area contributed by atoms with E-state index in [1.807, 2.05) is 18.3 Å². The van der Waals surface area contributed by atoms with Gasteiger partial charge in [0.05, 0.1) is 0 Å². The number of benzene rings is 1.